The van der Waals surface area contributed by atoms with Crippen molar-refractivity contribution in [3.63, 3.8) is 0 Å². The monoisotopic (exact) mass is 384 g/mol. The second-order valence-electron chi connectivity index (χ2n) is 5.61. The first-order chi connectivity index (χ1) is 12.2. The fraction of sp³-hybridized carbons (Fsp3) is 0.167. The molecule has 8 heteroatoms. The molecule has 0 bridgehead atoms. The van der Waals surface area contributed by atoms with Crippen LogP contribution in [0.5, 0.6) is 17.2 Å². The first-order valence-electron chi connectivity index (χ1n) is 7.42. The van der Waals surface area contributed by atoms with Gasteiger partial charge >= 0.3 is 12.1 Å². The van der Waals surface area contributed by atoms with Crippen molar-refractivity contribution in [2.75, 3.05) is 0 Å². The molecule has 3 rings (SSSR count). The Hall–Kier alpha value is -2.67. The molecule has 2 aromatic rings. The highest BCUT2D eigenvalue weighted by molar-refractivity contribution is 6.30. The van der Waals surface area contributed by atoms with E-state index < -0.39 is 23.8 Å². The molecule has 1 aliphatic rings. The molecular weight excluding hydrogens is 373 g/mol. The van der Waals surface area contributed by atoms with E-state index in [0.717, 1.165) is 6.08 Å². The lowest BCUT2D eigenvalue weighted by Crippen LogP contribution is -2.40. The van der Waals surface area contributed by atoms with Crippen LogP contribution in [0.25, 0.3) is 6.08 Å². The highest BCUT2D eigenvalue weighted by Gasteiger charge is 2.48. The summed E-state index contributed by atoms with van der Waals surface area (Å²) in [6.45, 7) is 1.53. The van der Waals surface area contributed by atoms with Gasteiger partial charge in [0.2, 0.25) is 6.10 Å². The zero-order valence-corrected chi connectivity index (χ0v) is 14.1. The number of carboxylic acid groups (broad SMARTS) is 1. The molecule has 1 N–H and O–H groups in total. The molecule has 0 aliphatic carbocycles. The zero-order chi connectivity index (χ0) is 19.1. The van der Waals surface area contributed by atoms with Crippen LogP contribution in [0.2, 0.25) is 5.02 Å². The van der Waals surface area contributed by atoms with Gasteiger partial charge in [-0.25, -0.2) is 4.79 Å². The number of rotatable bonds is 3. The maximum Gasteiger partial charge on any atom is 0.430 e. The van der Waals surface area contributed by atoms with E-state index in [-0.39, 0.29) is 17.1 Å². The molecule has 0 amide bonds. The summed E-state index contributed by atoms with van der Waals surface area (Å²) >= 11 is 5.89. The molecule has 0 saturated heterocycles. The summed E-state index contributed by atoms with van der Waals surface area (Å²) in [5, 5.41) is 9.50. The van der Waals surface area contributed by atoms with Gasteiger partial charge in [0.15, 0.2) is 0 Å². The largest absolute Gasteiger partial charge is 0.478 e. The molecule has 4 nitrogen and oxygen atoms in total. The van der Waals surface area contributed by atoms with Crippen LogP contribution >= 0.6 is 11.6 Å². The van der Waals surface area contributed by atoms with Gasteiger partial charge < -0.3 is 14.6 Å². The fourth-order valence-corrected chi connectivity index (χ4v) is 2.75. The van der Waals surface area contributed by atoms with E-state index in [1.807, 2.05) is 0 Å². The van der Waals surface area contributed by atoms with Gasteiger partial charge in [-0.05, 0) is 43.3 Å². The fourth-order valence-electron chi connectivity index (χ4n) is 2.57. The Balaban J connectivity index is 2.03. The zero-order valence-electron chi connectivity index (χ0n) is 13.3. The summed E-state index contributed by atoms with van der Waals surface area (Å²) in [4.78, 5) is 11.2. The lowest BCUT2D eigenvalue weighted by atomic mass is 9.99. The number of carbonyl (C=O) groups is 1. The number of halogens is 4. The number of hydrogen-bond acceptors (Lipinski definition) is 3. The highest BCUT2D eigenvalue weighted by atomic mass is 35.5. The summed E-state index contributed by atoms with van der Waals surface area (Å²) in [6, 6.07) is 9.50. The van der Waals surface area contributed by atoms with Crippen molar-refractivity contribution >= 4 is 23.6 Å². The lowest BCUT2D eigenvalue weighted by Gasteiger charge is -2.28. The number of ether oxygens (including phenoxy) is 2. The molecule has 0 spiro atoms. The molecule has 0 aromatic heterocycles. The topological polar surface area (TPSA) is 55.8 Å². The maximum absolute atomic E-state index is 13.2. The predicted octanol–water partition coefficient (Wildman–Crippen LogP) is 5.23. The molecule has 0 saturated carbocycles. The van der Waals surface area contributed by atoms with E-state index in [4.69, 9.17) is 26.2 Å². The summed E-state index contributed by atoms with van der Waals surface area (Å²) in [5.74, 6) is -1.07. The van der Waals surface area contributed by atoms with Crippen molar-refractivity contribution in [1.29, 1.82) is 0 Å². The molecule has 1 heterocycles. The van der Waals surface area contributed by atoms with Crippen molar-refractivity contribution in [2.24, 2.45) is 0 Å². The van der Waals surface area contributed by atoms with E-state index in [2.05, 4.69) is 0 Å². The van der Waals surface area contributed by atoms with E-state index in [0.29, 0.717) is 16.3 Å². The quantitative estimate of drug-likeness (QED) is 0.787. The number of aliphatic carboxylic acids is 1. The smallest absolute Gasteiger partial charge is 0.430 e. The van der Waals surface area contributed by atoms with Gasteiger partial charge in [0.1, 0.15) is 17.2 Å². The standard InChI is InChI=1S/C18H12ClF3O4/c1-9-14(25-12-4-2-3-11(19)8-12)6-5-10-7-13(17(23)24)16(18(20,21)22)26-15(9)10/h2-8,16H,1H3,(H,23,24). The van der Waals surface area contributed by atoms with E-state index in [1.54, 1.807) is 24.3 Å². The van der Waals surface area contributed by atoms with Crippen molar-refractivity contribution in [3.8, 4) is 17.2 Å². The minimum atomic E-state index is -4.86. The third-order valence-electron chi connectivity index (χ3n) is 3.78. The Bertz CT molecular complexity index is 906. The first-order valence-corrected chi connectivity index (χ1v) is 7.80. The molecule has 1 atom stereocenters. The molecule has 0 fully saturated rings. The average Bonchev–Trinajstić information content (AvgIpc) is 2.55. The lowest BCUT2D eigenvalue weighted by molar-refractivity contribution is -0.187. The summed E-state index contributed by atoms with van der Waals surface area (Å²) in [5.41, 5.74) is -0.316. The number of alkyl halides is 3. The normalized spacial score (nSPS) is 16.3. The van der Waals surface area contributed by atoms with E-state index >= 15 is 0 Å². The third kappa shape index (κ3) is 3.48. The Morgan fingerprint density at radius 3 is 2.62 bits per heavy atom. The Labute approximate surface area is 151 Å². The number of fused-ring (bicyclic) bond motifs is 1. The molecule has 2 aromatic carbocycles. The van der Waals surface area contributed by atoms with Crippen molar-refractivity contribution < 1.29 is 32.5 Å². The Morgan fingerprint density at radius 2 is 2.00 bits per heavy atom. The molecule has 0 radical (unpaired) electrons. The van der Waals surface area contributed by atoms with E-state index in [1.165, 1.54) is 19.1 Å². The molecule has 136 valence electrons. The number of carboxylic acids is 1. The van der Waals surface area contributed by atoms with Crippen molar-refractivity contribution in [3.05, 3.63) is 58.1 Å². The summed E-state index contributed by atoms with van der Waals surface area (Å²) in [7, 11) is 0. The van der Waals surface area contributed by atoms with Crippen LogP contribution in [0.1, 0.15) is 11.1 Å². The first kappa shape index (κ1) is 18.1. The van der Waals surface area contributed by atoms with Gasteiger partial charge in [-0.2, -0.15) is 13.2 Å². The second-order valence-corrected chi connectivity index (χ2v) is 6.05. The molecular formula is C18H12ClF3O4. The van der Waals surface area contributed by atoms with Gasteiger partial charge in [-0.15, -0.1) is 0 Å². The average molecular weight is 385 g/mol. The van der Waals surface area contributed by atoms with Gasteiger partial charge in [0, 0.05) is 16.1 Å². The highest BCUT2D eigenvalue weighted by Crippen LogP contribution is 2.42. The van der Waals surface area contributed by atoms with Crippen LogP contribution in [-0.4, -0.2) is 23.4 Å². The number of hydrogen-bond donors (Lipinski definition) is 1. The molecule has 1 unspecified atom stereocenters. The Morgan fingerprint density at radius 1 is 1.27 bits per heavy atom. The summed E-state index contributed by atoms with van der Waals surface area (Å²) in [6.07, 6.45) is -6.44. The molecule has 1 aliphatic heterocycles. The van der Waals surface area contributed by atoms with Gasteiger partial charge in [0.05, 0.1) is 5.57 Å². The van der Waals surface area contributed by atoms with Gasteiger partial charge in [-0.3, -0.25) is 0 Å². The van der Waals surface area contributed by atoms with Crippen LogP contribution in [0.4, 0.5) is 13.2 Å². The van der Waals surface area contributed by atoms with Crippen LogP contribution in [0.3, 0.4) is 0 Å². The molecule has 26 heavy (non-hydrogen) atoms. The van der Waals surface area contributed by atoms with Crippen molar-refractivity contribution in [1.82, 2.24) is 0 Å². The van der Waals surface area contributed by atoms with Crippen molar-refractivity contribution in [2.45, 2.75) is 19.2 Å². The maximum atomic E-state index is 13.2. The van der Waals surface area contributed by atoms with E-state index in [9.17, 15) is 18.0 Å². The third-order valence-corrected chi connectivity index (χ3v) is 4.02. The van der Waals surface area contributed by atoms with Crippen LogP contribution in [0.15, 0.2) is 42.0 Å². The van der Waals surface area contributed by atoms with Crippen LogP contribution < -0.4 is 9.47 Å². The second kappa shape index (κ2) is 6.57. The SMILES string of the molecule is Cc1c(Oc2cccc(Cl)c2)ccc2c1OC(C(F)(F)F)C(C(=O)O)=C2. The minimum Gasteiger partial charge on any atom is -0.478 e. The van der Waals surface area contributed by atoms with Crippen LogP contribution in [0, 0.1) is 6.92 Å². The number of benzene rings is 2. The van der Waals surface area contributed by atoms with Gasteiger partial charge in [0.25, 0.3) is 0 Å². The van der Waals surface area contributed by atoms with Gasteiger partial charge in [-0.1, -0.05) is 17.7 Å². The van der Waals surface area contributed by atoms with Crippen LogP contribution in [-0.2, 0) is 4.79 Å². The summed E-state index contributed by atoms with van der Waals surface area (Å²) < 4.78 is 50.3. The predicted molar refractivity (Wildman–Crippen MR) is 88.8 cm³/mol. The minimum absolute atomic E-state index is 0.0724. The Kier molecular flexibility index (Phi) is 4.58.